The molecule has 0 N–H and O–H groups in total. The van der Waals surface area contributed by atoms with Crippen molar-refractivity contribution in [3.8, 4) is 0 Å². The fourth-order valence-electron chi connectivity index (χ4n) is 3.18. The molecule has 1 unspecified atom stereocenters. The summed E-state index contributed by atoms with van der Waals surface area (Å²) in [5, 5.41) is 0. The molecule has 0 bridgehead atoms. The molecule has 1 spiro atoms. The van der Waals surface area contributed by atoms with Crippen LogP contribution in [0.15, 0.2) is 16.6 Å². The first kappa shape index (κ1) is 15.3. The van der Waals surface area contributed by atoms with E-state index >= 15 is 0 Å². The fourth-order valence-corrected chi connectivity index (χ4v) is 3.51. The maximum absolute atomic E-state index is 14.4. The zero-order chi connectivity index (χ0) is 16.1. The lowest BCUT2D eigenvalue weighted by atomic mass is 9.72. The van der Waals surface area contributed by atoms with Gasteiger partial charge in [0.05, 0.1) is 22.6 Å². The van der Waals surface area contributed by atoms with Crippen LogP contribution in [0.3, 0.4) is 0 Å². The second-order valence-corrected chi connectivity index (χ2v) is 6.62. The molecule has 6 heteroatoms. The minimum absolute atomic E-state index is 0.0548. The Kier molecular flexibility index (Phi) is 3.67. The molecule has 3 rings (SSSR count). The lowest BCUT2D eigenvalue weighted by Crippen LogP contribution is -2.39. The van der Waals surface area contributed by atoms with Crippen molar-refractivity contribution in [3.63, 3.8) is 0 Å². The van der Waals surface area contributed by atoms with Gasteiger partial charge in [-0.05, 0) is 59.2 Å². The van der Waals surface area contributed by atoms with Gasteiger partial charge in [-0.2, -0.15) is 0 Å². The van der Waals surface area contributed by atoms with Gasteiger partial charge in [-0.1, -0.05) is 6.07 Å². The standard InChI is InChI=1S/C16H14BrFO4/c1-2-22-15(21)14(20)8-7-16(5-6-16)9-3-4-10(17)12(18)11(9)13(8)19/h3-4,8H,2,5-7H2,1H3. The van der Waals surface area contributed by atoms with E-state index in [0.717, 1.165) is 12.8 Å². The van der Waals surface area contributed by atoms with Gasteiger partial charge in [-0.15, -0.1) is 0 Å². The summed E-state index contributed by atoms with van der Waals surface area (Å²) in [5.41, 5.74) is 0.254. The Morgan fingerprint density at radius 3 is 2.68 bits per heavy atom. The van der Waals surface area contributed by atoms with Crippen molar-refractivity contribution in [1.29, 1.82) is 0 Å². The average molecular weight is 369 g/mol. The lowest BCUT2D eigenvalue weighted by molar-refractivity contribution is -0.154. The van der Waals surface area contributed by atoms with Crippen LogP contribution in [0, 0.1) is 11.7 Å². The number of rotatable bonds is 3. The topological polar surface area (TPSA) is 60.4 Å². The van der Waals surface area contributed by atoms with Crippen molar-refractivity contribution in [2.45, 2.75) is 31.6 Å². The van der Waals surface area contributed by atoms with Crippen molar-refractivity contribution in [2.75, 3.05) is 6.61 Å². The van der Waals surface area contributed by atoms with E-state index in [4.69, 9.17) is 4.74 Å². The monoisotopic (exact) mass is 368 g/mol. The summed E-state index contributed by atoms with van der Waals surface area (Å²) in [7, 11) is 0. The van der Waals surface area contributed by atoms with Gasteiger partial charge in [0.2, 0.25) is 0 Å². The first-order valence-corrected chi connectivity index (χ1v) is 7.94. The predicted octanol–water partition coefficient (Wildman–Crippen LogP) is 2.95. The summed E-state index contributed by atoms with van der Waals surface area (Å²) < 4.78 is 19.3. The molecule has 1 fully saturated rings. The summed E-state index contributed by atoms with van der Waals surface area (Å²) in [4.78, 5) is 36.4. The number of ketones is 2. The van der Waals surface area contributed by atoms with Gasteiger partial charge in [-0.25, -0.2) is 9.18 Å². The van der Waals surface area contributed by atoms with Crippen LogP contribution in [-0.2, 0) is 19.7 Å². The average Bonchev–Trinajstić information content (AvgIpc) is 3.26. The van der Waals surface area contributed by atoms with E-state index < -0.39 is 29.3 Å². The Hall–Kier alpha value is -1.56. The molecule has 0 saturated heterocycles. The second-order valence-electron chi connectivity index (χ2n) is 5.77. The Morgan fingerprint density at radius 2 is 2.09 bits per heavy atom. The molecule has 116 valence electrons. The molecule has 2 aliphatic rings. The molecule has 1 aromatic carbocycles. The van der Waals surface area contributed by atoms with Crippen LogP contribution < -0.4 is 0 Å². The largest absolute Gasteiger partial charge is 0.460 e. The fraction of sp³-hybridized carbons (Fsp3) is 0.438. The Balaban J connectivity index is 2.04. The number of esters is 1. The van der Waals surface area contributed by atoms with Gasteiger partial charge in [0.1, 0.15) is 5.82 Å². The van der Waals surface area contributed by atoms with Crippen LogP contribution >= 0.6 is 15.9 Å². The number of Topliss-reactive ketones (excluding diaryl/α,β-unsaturated/α-hetero) is 2. The Bertz CT molecular complexity index is 694. The smallest absolute Gasteiger partial charge is 0.375 e. The summed E-state index contributed by atoms with van der Waals surface area (Å²) in [6.07, 6.45) is 1.85. The number of halogens is 2. The predicted molar refractivity (Wildman–Crippen MR) is 79.1 cm³/mol. The summed E-state index contributed by atoms with van der Waals surface area (Å²) in [5.74, 6) is -4.31. The van der Waals surface area contributed by atoms with Gasteiger partial charge >= 0.3 is 5.97 Å². The summed E-state index contributed by atoms with van der Waals surface area (Å²) in [6, 6.07) is 3.31. The van der Waals surface area contributed by atoms with Gasteiger partial charge in [0, 0.05) is 0 Å². The van der Waals surface area contributed by atoms with Crippen molar-refractivity contribution < 1.29 is 23.5 Å². The van der Waals surface area contributed by atoms with Crippen LogP contribution in [-0.4, -0.2) is 24.1 Å². The SMILES string of the molecule is CCOC(=O)C(=O)C1CC2(CC2)c2ccc(Br)c(F)c2C1=O. The summed E-state index contributed by atoms with van der Waals surface area (Å²) >= 11 is 3.07. The van der Waals surface area contributed by atoms with Crippen LogP contribution in [0.5, 0.6) is 0 Å². The number of carbonyl (C=O) groups excluding carboxylic acids is 3. The highest BCUT2D eigenvalue weighted by atomic mass is 79.9. The van der Waals surface area contributed by atoms with Gasteiger partial charge in [-0.3, -0.25) is 9.59 Å². The molecule has 0 amide bonds. The van der Waals surface area contributed by atoms with Gasteiger partial charge in [0.25, 0.3) is 5.78 Å². The minimum Gasteiger partial charge on any atom is -0.460 e. The van der Waals surface area contributed by atoms with Crippen LogP contribution in [0.4, 0.5) is 4.39 Å². The molecule has 4 nitrogen and oxygen atoms in total. The van der Waals surface area contributed by atoms with E-state index in [-0.39, 0.29) is 28.5 Å². The minimum atomic E-state index is -1.14. The van der Waals surface area contributed by atoms with Crippen molar-refractivity contribution in [1.82, 2.24) is 0 Å². The molecule has 0 heterocycles. The highest BCUT2D eigenvalue weighted by Crippen LogP contribution is 2.57. The van der Waals surface area contributed by atoms with E-state index in [1.165, 1.54) is 0 Å². The Morgan fingerprint density at radius 1 is 1.41 bits per heavy atom. The van der Waals surface area contributed by atoms with Gasteiger partial charge < -0.3 is 4.74 Å². The molecule has 2 aliphatic carbocycles. The maximum Gasteiger partial charge on any atom is 0.375 e. The first-order valence-electron chi connectivity index (χ1n) is 7.15. The Labute approximate surface area is 135 Å². The first-order chi connectivity index (χ1) is 10.4. The van der Waals surface area contributed by atoms with Crippen LogP contribution in [0.2, 0.25) is 0 Å². The number of ether oxygens (including phenoxy) is 1. The normalized spacial score (nSPS) is 21.4. The van der Waals surface area contributed by atoms with Crippen molar-refractivity contribution in [2.24, 2.45) is 5.92 Å². The summed E-state index contributed by atoms with van der Waals surface area (Å²) in [6.45, 7) is 1.65. The van der Waals surface area contributed by atoms with Crippen LogP contribution in [0.1, 0.15) is 42.1 Å². The van der Waals surface area contributed by atoms with Crippen molar-refractivity contribution >= 4 is 33.5 Å². The van der Waals surface area contributed by atoms with E-state index in [2.05, 4.69) is 15.9 Å². The van der Waals surface area contributed by atoms with E-state index in [0.29, 0.717) is 5.56 Å². The number of hydrogen-bond acceptors (Lipinski definition) is 4. The molecular formula is C16H14BrFO4. The number of benzene rings is 1. The zero-order valence-corrected chi connectivity index (χ0v) is 13.5. The van der Waals surface area contributed by atoms with Crippen LogP contribution in [0.25, 0.3) is 0 Å². The van der Waals surface area contributed by atoms with E-state index in [1.54, 1.807) is 19.1 Å². The third kappa shape index (κ3) is 2.20. The third-order valence-corrected chi connectivity index (χ3v) is 5.08. The third-order valence-electron chi connectivity index (χ3n) is 4.47. The highest BCUT2D eigenvalue weighted by molar-refractivity contribution is 9.10. The number of carbonyl (C=O) groups is 3. The number of hydrogen-bond donors (Lipinski definition) is 0. The molecule has 0 aliphatic heterocycles. The number of fused-ring (bicyclic) bond motifs is 2. The molecule has 1 atom stereocenters. The lowest BCUT2D eigenvalue weighted by Gasteiger charge is -2.29. The highest BCUT2D eigenvalue weighted by Gasteiger charge is 2.55. The molecule has 1 saturated carbocycles. The van der Waals surface area contributed by atoms with Gasteiger partial charge in [0.15, 0.2) is 5.78 Å². The zero-order valence-electron chi connectivity index (χ0n) is 11.9. The molecule has 0 aromatic heterocycles. The van der Waals surface area contributed by atoms with Crippen molar-refractivity contribution in [3.05, 3.63) is 33.5 Å². The van der Waals surface area contributed by atoms with E-state index in [1.807, 2.05) is 0 Å². The van der Waals surface area contributed by atoms with E-state index in [9.17, 15) is 18.8 Å². The molecule has 1 aromatic rings. The molecule has 22 heavy (non-hydrogen) atoms. The maximum atomic E-state index is 14.4. The quantitative estimate of drug-likeness (QED) is 0.467. The molecular weight excluding hydrogens is 355 g/mol. The molecule has 0 radical (unpaired) electrons. The second kappa shape index (κ2) is 5.26.